The van der Waals surface area contributed by atoms with Crippen molar-refractivity contribution in [3.05, 3.63) is 29.1 Å². The normalized spacial score (nSPS) is 17.8. The Balaban J connectivity index is 1.76. The van der Waals surface area contributed by atoms with Crippen LogP contribution >= 0.6 is 0 Å². The molecule has 7 nitrogen and oxygen atoms in total. The van der Waals surface area contributed by atoms with Gasteiger partial charge in [-0.1, -0.05) is 6.92 Å². The molecule has 3 rings (SSSR count). The summed E-state index contributed by atoms with van der Waals surface area (Å²) in [5.41, 5.74) is -1.35. The van der Waals surface area contributed by atoms with E-state index in [2.05, 4.69) is 20.5 Å². The first-order chi connectivity index (χ1) is 10.9. The minimum Gasteiger partial charge on any atom is -0.341 e. The first-order valence-electron chi connectivity index (χ1n) is 7.25. The zero-order valence-electron chi connectivity index (χ0n) is 12.3. The number of aromatic nitrogens is 5. The summed E-state index contributed by atoms with van der Waals surface area (Å²) >= 11 is 0. The van der Waals surface area contributed by atoms with Crippen LogP contribution in [-0.2, 0) is 19.1 Å². The maximum absolute atomic E-state index is 12.5. The Morgan fingerprint density at radius 2 is 2.30 bits per heavy atom. The molecular weight excluding hydrogens is 313 g/mol. The van der Waals surface area contributed by atoms with E-state index >= 15 is 0 Å². The topological polar surface area (TPSA) is 88.5 Å². The Bertz CT molecular complexity index is 720. The smallest absolute Gasteiger partial charge is 0.341 e. The molecule has 0 fully saturated rings. The SMILES string of the molecule is CCc1nc2n(n1)CCC[C@@H]2NC(=O)c1cc(C(F)(F)F)[nH]n1. The number of halogens is 3. The summed E-state index contributed by atoms with van der Waals surface area (Å²) in [5, 5.41) is 12.3. The first-order valence-corrected chi connectivity index (χ1v) is 7.25. The highest BCUT2D eigenvalue weighted by atomic mass is 19.4. The Kier molecular flexibility index (Phi) is 3.82. The molecule has 2 aromatic rings. The number of aryl methyl sites for hydroxylation is 2. The van der Waals surface area contributed by atoms with Gasteiger partial charge in [-0.3, -0.25) is 9.89 Å². The summed E-state index contributed by atoms with van der Waals surface area (Å²) in [6.45, 7) is 2.65. The molecule has 0 aromatic carbocycles. The van der Waals surface area contributed by atoms with Gasteiger partial charge >= 0.3 is 6.18 Å². The van der Waals surface area contributed by atoms with Crippen LogP contribution < -0.4 is 5.32 Å². The summed E-state index contributed by atoms with van der Waals surface area (Å²) in [6.07, 6.45) is -2.43. The molecule has 0 saturated carbocycles. The van der Waals surface area contributed by atoms with E-state index in [1.165, 1.54) is 0 Å². The van der Waals surface area contributed by atoms with Crippen molar-refractivity contribution in [2.75, 3.05) is 0 Å². The molecule has 0 radical (unpaired) electrons. The fourth-order valence-electron chi connectivity index (χ4n) is 2.50. The summed E-state index contributed by atoms with van der Waals surface area (Å²) in [6, 6.07) is 0.315. The number of amides is 1. The summed E-state index contributed by atoms with van der Waals surface area (Å²) in [5.74, 6) is 0.643. The van der Waals surface area contributed by atoms with Crippen LogP contribution in [0.1, 0.15) is 53.6 Å². The third kappa shape index (κ3) is 3.06. The second kappa shape index (κ2) is 5.67. The maximum atomic E-state index is 12.5. The predicted molar refractivity (Wildman–Crippen MR) is 72.4 cm³/mol. The molecule has 0 spiro atoms. The van der Waals surface area contributed by atoms with E-state index in [4.69, 9.17) is 0 Å². The van der Waals surface area contributed by atoms with Gasteiger partial charge in [0.1, 0.15) is 11.5 Å². The van der Waals surface area contributed by atoms with Crippen LogP contribution in [0.2, 0.25) is 0 Å². The van der Waals surface area contributed by atoms with Gasteiger partial charge in [-0.2, -0.15) is 23.4 Å². The number of carbonyl (C=O) groups excluding carboxylic acids is 1. The predicted octanol–water partition coefficient (Wildman–Crippen LogP) is 1.85. The molecule has 10 heteroatoms. The van der Waals surface area contributed by atoms with Crippen molar-refractivity contribution in [3.8, 4) is 0 Å². The van der Waals surface area contributed by atoms with Crippen molar-refractivity contribution in [3.63, 3.8) is 0 Å². The summed E-state index contributed by atoms with van der Waals surface area (Å²) < 4.78 is 39.3. The minimum atomic E-state index is -4.56. The van der Waals surface area contributed by atoms with Gasteiger partial charge in [0.2, 0.25) is 0 Å². The van der Waals surface area contributed by atoms with Crippen molar-refractivity contribution in [2.45, 2.75) is 44.9 Å². The molecule has 1 aliphatic rings. The molecular formula is C13H15F3N6O. The summed E-state index contributed by atoms with van der Waals surface area (Å²) in [7, 11) is 0. The fraction of sp³-hybridized carbons (Fsp3) is 0.538. The highest BCUT2D eigenvalue weighted by molar-refractivity contribution is 5.92. The van der Waals surface area contributed by atoms with E-state index in [1.807, 2.05) is 12.0 Å². The number of rotatable bonds is 3. The Labute approximate surface area is 129 Å². The lowest BCUT2D eigenvalue weighted by Crippen LogP contribution is -2.33. The highest BCUT2D eigenvalue weighted by Crippen LogP contribution is 2.28. The highest BCUT2D eigenvalue weighted by Gasteiger charge is 2.34. The molecule has 3 heterocycles. The first kappa shape index (κ1) is 15.5. The third-order valence-corrected chi connectivity index (χ3v) is 3.66. The second-order valence-electron chi connectivity index (χ2n) is 5.30. The van der Waals surface area contributed by atoms with E-state index in [9.17, 15) is 18.0 Å². The zero-order valence-corrected chi connectivity index (χ0v) is 12.3. The molecule has 124 valence electrons. The van der Waals surface area contributed by atoms with Gasteiger partial charge in [0.05, 0.1) is 6.04 Å². The number of hydrogen-bond acceptors (Lipinski definition) is 4. The van der Waals surface area contributed by atoms with Gasteiger partial charge in [-0.05, 0) is 12.8 Å². The van der Waals surface area contributed by atoms with E-state index in [0.29, 0.717) is 30.6 Å². The largest absolute Gasteiger partial charge is 0.432 e. The third-order valence-electron chi connectivity index (χ3n) is 3.66. The van der Waals surface area contributed by atoms with Crippen LogP contribution in [-0.4, -0.2) is 30.9 Å². The number of H-pyrrole nitrogens is 1. The fourth-order valence-corrected chi connectivity index (χ4v) is 2.50. The van der Waals surface area contributed by atoms with Crippen molar-refractivity contribution < 1.29 is 18.0 Å². The lowest BCUT2D eigenvalue weighted by Gasteiger charge is -2.22. The zero-order chi connectivity index (χ0) is 16.6. The van der Waals surface area contributed by atoms with Crippen molar-refractivity contribution in [1.29, 1.82) is 0 Å². The van der Waals surface area contributed by atoms with Crippen molar-refractivity contribution in [1.82, 2.24) is 30.3 Å². The molecule has 0 saturated heterocycles. The molecule has 1 amide bonds. The van der Waals surface area contributed by atoms with Crippen LogP contribution in [0.15, 0.2) is 6.07 Å². The van der Waals surface area contributed by atoms with Crippen LogP contribution in [0.4, 0.5) is 13.2 Å². The number of hydrogen-bond donors (Lipinski definition) is 2. The van der Waals surface area contributed by atoms with Crippen molar-refractivity contribution in [2.24, 2.45) is 0 Å². The van der Waals surface area contributed by atoms with Crippen LogP contribution in [0, 0.1) is 0 Å². The monoisotopic (exact) mass is 328 g/mol. The second-order valence-corrected chi connectivity index (χ2v) is 5.30. The molecule has 23 heavy (non-hydrogen) atoms. The summed E-state index contributed by atoms with van der Waals surface area (Å²) in [4.78, 5) is 16.5. The van der Waals surface area contributed by atoms with Crippen LogP contribution in [0.5, 0.6) is 0 Å². The van der Waals surface area contributed by atoms with E-state index in [1.54, 1.807) is 4.68 Å². The van der Waals surface area contributed by atoms with Gasteiger partial charge in [-0.15, -0.1) is 0 Å². The molecule has 2 aromatic heterocycles. The maximum Gasteiger partial charge on any atom is 0.432 e. The number of nitrogens with zero attached hydrogens (tertiary/aromatic N) is 4. The Morgan fingerprint density at radius 3 is 2.96 bits per heavy atom. The number of aromatic amines is 1. The number of fused-ring (bicyclic) bond motifs is 1. The quantitative estimate of drug-likeness (QED) is 0.900. The van der Waals surface area contributed by atoms with E-state index in [-0.39, 0.29) is 11.7 Å². The van der Waals surface area contributed by atoms with Gasteiger partial charge < -0.3 is 5.32 Å². The molecule has 0 bridgehead atoms. The van der Waals surface area contributed by atoms with Gasteiger partial charge in [0.15, 0.2) is 11.5 Å². The van der Waals surface area contributed by atoms with Gasteiger partial charge in [0, 0.05) is 19.0 Å². The lowest BCUT2D eigenvalue weighted by molar-refractivity contribution is -0.141. The van der Waals surface area contributed by atoms with Gasteiger partial charge in [0.25, 0.3) is 5.91 Å². The van der Waals surface area contributed by atoms with E-state index in [0.717, 1.165) is 13.0 Å². The molecule has 1 atom stereocenters. The van der Waals surface area contributed by atoms with E-state index < -0.39 is 17.8 Å². The molecule has 1 aliphatic heterocycles. The Hall–Kier alpha value is -2.39. The lowest BCUT2D eigenvalue weighted by atomic mass is 10.1. The minimum absolute atomic E-state index is 0.301. The van der Waals surface area contributed by atoms with Crippen LogP contribution in [0.25, 0.3) is 0 Å². The molecule has 2 N–H and O–H groups in total. The standard InChI is InChI=1S/C13H15F3N6O/c1-2-10-18-11-7(4-3-5-22(11)21-10)17-12(23)8-6-9(20-19-8)13(14,15)16/h6-7H,2-5H2,1H3,(H,17,23)(H,19,20)/t7-/m0/s1. The Morgan fingerprint density at radius 1 is 1.52 bits per heavy atom. The van der Waals surface area contributed by atoms with Crippen molar-refractivity contribution >= 4 is 5.91 Å². The van der Waals surface area contributed by atoms with Gasteiger partial charge in [-0.25, -0.2) is 9.67 Å². The molecule has 0 unspecified atom stereocenters. The molecule has 0 aliphatic carbocycles. The number of nitrogens with one attached hydrogen (secondary N) is 2. The number of carbonyl (C=O) groups is 1. The van der Waals surface area contributed by atoms with Crippen LogP contribution in [0.3, 0.4) is 0 Å². The average Bonchev–Trinajstić information content (AvgIpc) is 3.13. The average molecular weight is 328 g/mol. The number of alkyl halides is 3.